The molecule has 6 heteroatoms. The topological polar surface area (TPSA) is 75.3 Å². The van der Waals surface area contributed by atoms with Crippen LogP contribution < -0.4 is 10.0 Å². The highest BCUT2D eigenvalue weighted by atomic mass is 32.2. The quantitative estimate of drug-likeness (QED) is 0.842. The molecule has 2 N–H and O–H groups in total. The van der Waals surface area contributed by atoms with E-state index in [1.165, 1.54) is 24.3 Å². The fraction of sp³-hybridized carbons (Fsp3) is 0.278. The summed E-state index contributed by atoms with van der Waals surface area (Å²) < 4.78 is 27.0. The lowest BCUT2D eigenvalue weighted by Gasteiger charge is -2.12. The number of sulfonamides is 1. The molecule has 0 heterocycles. The average molecular weight is 346 g/mol. The number of carbonyl (C=O) groups is 1. The second-order valence-corrected chi connectivity index (χ2v) is 7.49. The number of carbonyl (C=O) groups excluding carboxylic acids is 1. The first-order valence-electron chi connectivity index (χ1n) is 7.82. The average Bonchev–Trinajstić information content (AvgIpc) is 2.54. The van der Waals surface area contributed by atoms with Crippen molar-refractivity contribution in [1.29, 1.82) is 0 Å². The molecule has 0 aromatic heterocycles. The van der Waals surface area contributed by atoms with Crippen molar-refractivity contribution in [1.82, 2.24) is 4.72 Å². The van der Waals surface area contributed by atoms with Gasteiger partial charge in [0.05, 0.1) is 4.90 Å². The number of anilines is 1. The van der Waals surface area contributed by atoms with E-state index in [-0.39, 0.29) is 16.8 Å². The maximum absolute atomic E-state index is 12.2. The molecule has 0 radical (unpaired) electrons. The first-order valence-corrected chi connectivity index (χ1v) is 9.30. The maximum atomic E-state index is 12.2. The number of benzene rings is 2. The lowest BCUT2D eigenvalue weighted by Crippen LogP contribution is -2.32. The summed E-state index contributed by atoms with van der Waals surface area (Å²) in [7, 11) is -3.56. The van der Waals surface area contributed by atoms with Crippen molar-refractivity contribution in [3.63, 3.8) is 0 Å². The molecule has 1 atom stereocenters. The van der Waals surface area contributed by atoms with Crippen molar-refractivity contribution in [3.8, 4) is 0 Å². The van der Waals surface area contributed by atoms with E-state index >= 15 is 0 Å². The number of amides is 1. The van der Waals surface area contributed by atoms with Gasteiger partial charge in [-0.1, -0.05) is 19.1 Å². The van der Waals surface area contributed by atoms with Gasteiger partial charge in [0.25, 0.3) is 5.91 Å². The van der Waals surface area contributed by atoms with Gasteiger partial charge in [0.15, 0.2) is 0 Å². The van der Waals surface area contributed by atoms with Crippen LogP contribution >= 0.6 is 0 Å². The van der Waals surface area contributed by atoms with Crippen molar-refractivity contribution < 1.29 is 13.2 Å². The summed E-state index contributed by atoms with van der Waals surface area (Å²) in [5.74, 6) is -0.278. The highest BCUT2D eigenvalue weighted by molar-refractivity contribution is 7.89. The summed E-state index contributed by atoms with van der Waals surface area (Å²) >= 11 is 0. The normalized spacial score (nSPS) is 12.6. The van der Waals surface area contributed by atoms with Gasteiger partial charge in [0.1, 0.15) is 0 Å². The second kappa shape index (κ2) is 7.59. The van der Waals surface area contributed by atoms with Crippen LogP contribution in [0.25, 0.3) is 0 Å². The zero-order chi connectivity index (χ0) is 17.7. The molecule has 0 saturated carbocycles. The highest BCUT2D eigenvalue weighted by Crippen LogP contribution is 2.14. The van der Waals surface area contributed by atoms with Crippen molar-refractivity contribution in [2.24, 2.45) is 0 Å². The minimum Gasteiger partial charge on any atom is -0.322 e. The zero-order valence-electron chi connectivity index (χ0n) is 14.0. The van der Waals surface area contributed by atoms with Crippen molar-refractivity contribution in [3.05, 3.63) is 59.7 Å². The summed E-state index contributed by atoms with van der Waals surface area (Å²) in [5.41, 5.74) is 2.15. The lowest BCUT2D eigenvalue weighted by molar-refractivity contribution is 0.102. The Morgan fingerprint density at radius 3 is 2.38 bits per heavy atom. The van der Waals surface area contributed by atoms with Gasteiger partial charge in [-0.15, -0.1) is 0 Å². The minimum atomic E-state index is -3.56. The Kier molecular flexibility index (Phi) is 5.75. The van der Waals surface area contributed by atoms with E-state index in [9.17, 15) is 13.2 Å². The fourth-order valence-corrected chi connectivity index (χ4v) is 3.45. The third kappa shape index (κ3) is 4.66. The van der Waals surface area contributed by atoms with Crippen molar-refractivity contribution in [2.75, 3.05) is 5.32 Å². The predicted molar refractivity (Wildman–Crippen MR) is 95.6 cm³/mol. The molecule has 0 aliphatic heterocycles. The Bertz CT molecular complexity index is 814. The highest BCUT2D eigenvalue weighted by Gasteiger charge is 2.17. The zero-order valence-corrected chi connectivity index (χ0v) is 14.9. The Labute approximate surface area is 143 Å². The van der Waals surface area contributed by atoms with Crippen LogP contribution in [0.15, 0.2) is 53.4 Å². The molecule has 1 unspecified atom stereocenters. The van der Waals surface area contributed by atoms with Crippen LogP contribution in [0.2, 0.25) is 0 Å². The number of aryl methyl sites for hydroxylation is 1. The molecule has 0 saturated heterocycles. The molecule has 5 nitrogen and oxygen atoms in total. The first-order chi connectivity index (χ1) is 11.3. The SMILES string of the molecule is CCC(C)NS(=O)(=O)c1ccc(C(=O)Nc2cccc(C)c2)cc1. The number of hydrogen-bond acceptors (Lipinski definition) is 3. The summed E-state index contributed by atoms with van der Waals surface area (Å²) in [5, 5.41) is 2.79. The summed E-state index contributed by atoms with van der Waals surface area (Å²) in [6, 6.07) is 13.2. The molecular weight excluding hydrogens is 324 g/mol. The summed E-state index contributed by atoms with van der Waals surface area (Å²) in [4.78, 5) is 12.4. The molecule has 128 valence electrons. The minimum absolute atomic E-state index is 0.140. The molecule has 2 rings (SSSR count). The number of nitrogens with one attached hydrogen (secondary N) is 2. The molecule has 24 heavy (non-hydrogen) atoms. The van der Waals surface area contributed by atoms with Crippen LogP contribution in [0.5, 0.6) is 0 Å². The molecule has 2 aromatic carbocycles. The van der Waals surface area contributed by atoms with Crippen LogP contribution in [0.3, 0.4) is 0 Å². The van der Waals surface area contributed by atoms with Crippen LogP contribution in [0, 0.1) is 6.92 Å². The van der Waals surface area contributed by atoms with Gasteiger partial charge in [-0.3, -0.25) is 4.79 Å². The van der Waals surface area contributed by atoms with Gasteiger partial charge >= 0.3 is 0 Å². The van der Waals surface area contributed by atoms with Crippen LogP contribution in [0.1, 0.15) is 36.2 Å². The fourth-order valence-electron chi connectivity index (χ4n) is 2.13. The summed E-state index contributed by atoms with van der Waals surface area (Å²) in [6.07, 6.45) is 0.705. The second-order valence-electron chi connectivity index (χ2n) is 5.78. The molecule has 0 spiro atoms. The van der Waals surface area contributed by atoms with Gasteiger partial charge in [0, 0.05) is 17.3 Å². The number of rotatable bonds is 6. The predicted octanol–water partition coefficient (Wildman–Crippen LogP) is 3.32. The Morgan fingerprint density at radius 1 is 1.12 bits per heavy atom. The standard InChI is InChI=1S/C18H22N2O3S/c1-4-14(3)20-24(22,23)17-10-8-15(9-11-17)18(21)19-16-7-5-6-13(2)12-16/h5-12,14,20H,4H2,1-3H3,(H,19,21). The van der Waals surface area contributed by atoms with Crippen LogP contribution in [-0.2, 0) is 10.0 Å². The van der Waals surface area contributed by atoms with E-state index in [2.05, 4.69) is 10.0 Å². The van der Waals surface area contributed by atoms with Gasteiger partial charge in [0.2, 0.25) is 10.0 Å². The molecule has 0 aliphatic carbocycles. The van der Waals surface area contributed by atoms with Crippen LogP contribution in [-0.4, -0.2) is 20.4 Å². The van der Waals surface area contributed by atoms with E-state index in [0.717, 1.165) is 5.56 Å². The van der Waals surface area contributed by atoms with Gasteiger partial charge < -0.3 is 5.32 Å². The molecule has 1 amide bonds. The van der Waals surface area contributed by atoms with E-state index in [1.807, 2.05) is 32.0 Å². The van der Waals surface area contributed by atoms with Crippen LogP contribution in [0.4, 0.5) is 5.69 Å². The third-order valence-electron chi connectivity index (χ3n) is 3.67. The van der Waals surface area contributed by atoms with E-state index in [1.54, 1.807) is 13.0 Å². The summed E-state index contributed by atoms with van der Waals surface area (Å²) in [6.45, 7) is 5.66. The third-order valence-corrected chi connectivity index (χ3v) is 5.28. The van der Waals surface area contributed by atoms with E-state index < -0.39 is 10.0 Å². The van der Waals surface area contributed by atoms with E-state index in [4.69, 9.17) is 0 Å². The van der Waals surface area contributed by atoms with Gasteiger partial charge in [-0.05, 0) is 62.2 Å². The lowest BCUT2D eigenvalue weighted by atomic mass is 10.2. The monoisotopic (exact) mass is 346 g/mol. The van der Waals surface area contributed by atoms with Gasteiger partial charge in [-0.25, -0.2) is 13.1 Å². The van der Waals surface area contributed by atoms with Gasteiger partial charge in [-0.2, -0.15) is 0 Å². The van der Waals surface area contributed by atoms with Crippen molar-refractivity contribution in [2.45, 2.75) is 38.1 Å². The molecule has 0 fully saturated rings. The first kappa shape index (κ1) is 18.2. The maximum Gasteiger partial charge on any atom is 0.255 e. The van der Waals surface area contributed by atoms with E-state index in [0.29, 0.717) is 17.7 Å². The smallest absolute Gasteiger partial charge is 0.255 e. The molecule has 0 bridgehead atoms. The Hall–Kier alpha value is -2.18. The number of hydrogen-bond donors (Lipinski definition) is 2. The molecular formula is C18H22N2O3S. The molecule has 0 aliphatic rings. The Morgan fingerprint density at radius 2 is 1.79 bits per heavy atom. The largest absolute Gasteiger partial charge is 0.322 e. The Balaban J connectivity index is 2.12. The van der Waals surface area contributed by atoms with Crippen molar-refractivity contribution >= 4 is 21.6 Å². The molecule has 2 aromatic rings.